The van der Waals surface area contributed by atoms with Crippen LogP contribution < -0.4 is 5.56 Å². The number of fused-ring (bicyclic) bond motifs is 5. The minimum Gasteiger partial charge on any atom is -0.344 e. The van der Waals surface area contributed by atoms with Crippen LogP contribution in [0, 0.1) is 5.92 Å². The van der Waals surface area contributed by atoms with Crippen molar-refractivity contribution < 1.29 is 0 Å². The molecular formula is C22H22N6O. The number of imidazole rings is 1. The third-order valence-corrected chi connectivity index (χ3v) is 6.32. The molecule has 6 heterocycles. The van der Waals surface area contributed by atoms with Gasteiger partial charge in [0.15, 0.2) is 0 Å². The number of nitrogens with zero attached hydrogens (tertiary/aromatic N) is 5. The zero-order valence-corrected chi connectivity index (χ0v) is 16.0. The van der Waals surface area contributed by atoms with Gasteiger partial charge in [0.1, 0.15) is 5.82 Å². The number of piperidine rings is 1. The summed E-state index contributed by atoms with van der Waals surface area (Å²) in [5, 5.41) is 4.47. The minimum atomic E-state index is 0.0712. The standard InChI is InChI=1S/C22H22N6O/c29-22-19(21-23-8-9-24-21)4-5-20-16-10-15(12-27(20)22)11-26(13-16)14-18-3-1-2-17-6-7-25-28(17)18/h1-9,15-16H,10-14H2,(H,23,24)/t15-,16+/m0/s1. The third-order valence-electron chi connectivity index (χ3n) is 6.32. The molecule has 4 aromatic rings. The molecule has 0 radical (unpaired) electrons. The van der Waals surface area contributed by atoms with Crippen molar-refractivity contribution in [2.75, 3.05) is 13.1 Å². The van der Waals surface area contributed by atoms with Crippen LogP contribution in [0.15, 0.2) is 59.8 Å². The van der Waals surface area contributed by atoms with Crippen molar-refractivity contribution in [1.29, 1.82) is 0 Å². The van der Waals surface area contributed by atoms with Gasteiger partial charge >= 0.3 is 0 Å². The van der Waals surface area contributed by atoms with E-state index in [2.05, 4.69) is 44.2 Å². The maximum atomic E-state index is 13.1. The van der Waals surface area contributed by atoms with Crippen LogP contribution in [0.1, 0.15) is 23.7 Å². The SMILES string of the molecule is O=c1c(-c2ncc[nH]2)ccc2n1C[C@H]1C[C@@H]2CN(Cc2cccc3ccnn23)C1. The van der Waals surface area contributed by atoms with Gasteiger partial charge in [-0.1, -0.05) is 6.07 Å². The van der Waals surface area contributed by atoms with Crippen molar-refractivity contribution >= 4 is 5.52 Å². The number of likely N-dealkylation sites (tertiary alicyclic amines) is 1. The monoisotopic (exact) mass is 386 g/mol. The molecule has 2 atom stereocenters. The highest BCUT2D eigenvalue weighted by molar-refractivity contribution is 5.53. The lowest BCUT2D eigenvalue weighted by Gasteiger charge is -2.43. The van der Waals surface area contributed by atoms with Crippen molar-refractivity contribution in [3.8, 4) is 11.4 Å². The Morgan fingerprint density at radius 3 is 2.93 bits per heavy atom. The van der Waals surface area contributed by atoms with Crippen LogP contribution in [-0.4, -0.2) is 42.1 Å². The molecule has 4 aromatic heterocycles. The maximum absolute atomic E-state index is 13.1. The Labute approximate surface area is 167 Å². The van der Waals surface area contributed by atoms with Crippen molar-refractivity contribution in [2.24, 2.45) is 5.92 Å². The van der Waals surface area contributed by atoms with Crippen LogP contribution in [0.3, 0.4) is 0 Å². The molecule has 2 aliphatic heterocycles. The molecule has 146 valence electrons. The third kappa shape index (κ3) is 2.73. The van der Waals surface area contributed by atoms with Crippen molar-refractivity contribution in [2.45, 2.75) is 25.4 Å². The quantitative estimate of drug-likeness (QED) is 0.587. The molecular weight excluding hydrogens is 364 g/mol. The van der Waals surface area contributed by atoms with Crippen molar-refractivity contribution in [3.63, 3.8) is 0 Å². The molecule has 2 bridgehead atoms. The predicted molar refractivity (Wildman–Crippen MR) is 110 cm³/mol. The summed E-state index contributed by atoms with van der Waals surface area (Å²) in [6, 6.07) is 12.4. The normalized spacial score (nSPS) is 21.4. The number of nitrogens with one attached hydrogen (secondary N) is 1. The van der Waals surface area contributed by atoms with E-state index in [1.54, 1.807) is 12.4 Å². The summed E-state index contributed by atoms with van der Waals surface area (Å²) in [6.07, 6.45) is 6.45. The van der Waals surface area contributed by atoms with Crippen LogP contribution in [0.5, 0.6) is 0 Å². The topological polar surface area (TPSA) is 71.2 Å². The van der Waals surface area contributed by atoms with E-state index < -0.39 is 0 Å². The number of hydrogen-bond acceptors (Lipinski definition) is 4. The molecule has 1 N–H and O–H groups in total. The maximum Gasteiger partial charge on any atom is 0.261 e. The minimum absolute atomic E-state index is 0.0712. The summed E-state index contributed by atoms with van der Waals surface area (Å²) in [6.45, 7) is 3.63. The second-order valence-corrected chi connectivity index (χ2v) is 8.20. The van der Waals surface area contributed by atoms with E-state index >= 15 is 0 Å². The summed E-state index contributed by atoms with van der Waals surface area (Å²) >= 11 is 0. The average Bonchev–Trinajstić information content (AvgIpc) is 3.41. The van der Waals surface area contributed by atoms with Crippen molar-refractivity contribution in [1.82, 2.24) is 29.0 Å². The molecule has 6 rings (SSSR count). The molecule has 0 aromatic carbocycles. The van der Waals surface area contributed by atoms with Gasteiger partial charge in [0, 0.05) is 56.4 Å². The van der Waals surface area contributed by atoms with Crippen LogP contribution >= 0.6 is 0 Å². The Balaban J connectivity index is 1.31. The second kappa shape index (κ2) is 6.42. The molecule has 1 fully saturated rings. The number of hydrogen-bond donors (Lipinski definition) is 1. The number of aromatic amines is 1. The van der Waals surface area contributed by atoms with Gasteiger partial charge in [-0.2, -0.15) is 5.10 Å². The fourth-order valence-corrected chi connectivity index (χ4v) is 5.12. The molecule has 7 heteroatoms. The lowest BCUT2D eigenvalue weighted by atomic mass is 9.83. The van der Waals surface area contributed by atoms with E-state index in [4.69, 9.17) is 0 Å². The van der Waals surface area contributed by atoms with Crippen LogP contribution in [-0.2, 0) is 13.1 Å². The summed E-state index contributed by atoms with van der Waals surface area (Å²) in [7, 11) is 0. The molecule has 0 saturated carbocycles. The number of H-pyrrole nitrogens is 1. The Bertz CT molecular complexity index is 1240. The van der Waals surface area contributed by atoms with E-state index in [1.807, 2.05) is 27.4 Å². The first-order valence-electron chi connectivity index (χ1n) is 10.1. The van der Waals surface area contributed by atoms with Crippen molar-refractivity contribution in [3.05, 3.63) is 76.7 Å². The predicted octanol–water partition coefficient (Wildman–Crippen LogP) is 2.51. The van der Waals surface area contributed by atoms with Gasteiger partial charge in [-0.25, -0.2) is 9.50 Å². The lowest BCUT2D eigenvalue weighted by Crippen LogP contribution is -2.47. The molecule has 0 aliphatic carbocycles. The summed E-state index contributed by atoms with van der Waals surface area (Å²) < 4.78 is 4.01. The van der Waals surface area contributed by atoms with Gasteiger partial charge in [0.05, 0.1) is 16.8 Å². The number of rotatable bonds is 3. The zero-order valence-electron chi connectivity index (χ0n) is 16.0. The Morgan fingerprint density at radius 1 is 1.07 bits per heavy atom. The van der Waals surface area contributed by atoms with E-state index in [0.29, 0.717) is 23.2 Å². The van der Waals surface area contributed by atoms with Crippen LogP contribution in [0.2, 0.25) is 0 Å². The summed E-state index contributed by atoms with van der Waals surface area (Å²) in [4.78, 5) is 22.9. The Hall–Kier alpha value is -3.19. The highest BCUT2D eigenvalue weighted by Crippen LogP contribution is 2.36. The summed E-state index contributed by atoms with van der Waals surface area (Å²) in [5.41, 5.74) is 4.21. The van der Waals surface area contributed by atoms with Gasteiger partial charge in [0.2, 0.25) is 0 Å². The smallest absolute Gasteiger partial charge is 0.261 e. The van der Waals surface area contributed by atoms with E-state index in [1.165, 1.54) is 5.69 Å². The fraction of sp³-hybridized carbons (Fsp3) is 0.318. The van der Waals surface area contributed by atoms with E-state index in [9.17, 15) is 4.79 Å². The first-order valence-corrected chi connectivity index (χ1v) is 10.1. The van der Waals surface area contributed by atoms with Gasteiger partial charge in [-0.05, 0) is 42.7 Å². The molecule has 2 aliphatic rings. The highest BCUT2D eigenvalue weighted by Gasteiger charge is 2.35. The van der Waals surface area contributed by atoms with Crippen LogP contribution in [0.4, 0.5) is 0 Å². The lowest BCUT2D eigenvalue weighted by molar-refractivity contribution is 0.112. The molecule has 1 saturated heterocycles. The number of aromatic nitrogens is 5. The van der Waals surface area contributed by atoms with Crippen LogP contribution in [0.25, 0.3) is 16.9 Å². The van der Waals surface area contributed by atoms with E-state index in [-0.39, 0.29) is 5.56 Å². The second-order valence-electron chi connectivity index (χ2n) is 8.20. The highest BCUT2D eigenvalue weighted by atomic mass is 16.1. The van der Waals surface area contributed by atoms with E-state index in [0.717, 1.165) is 43.8 Å². The van der Waals surface area contributed by atoms with Gasteiger partial charge in [-0.15, -0.1) is 0 Å². The Kier molecular flexibility index (Phi) is 3.70. The van der Waals surface area contributed by atoms with Gasteiger partial charge in [0.25, 0.3) is 5.56 Å². The molecule has 0 amide bonds. The van der Waals surface area contributed by atoms with Gasteiger partial charge in [-0.3, -0.25) is 9.69 Å². The molecule has 0 spiro atoms. The zero-order chi connectivity index (χ0) is 19.4. The molecule has 7 nitrogen and oxygen atoms in total. The first kappa shape index (κ1) is 16.7. The molecule has 0 unspecified atom stereocenters. The largest absolute Gasteiger partial charge is 0.344 e. The first-order chi connectivity index (χ1) is 14.3. The Morgan fingerprint density at radius 2 is 2.03 bits per heavy atom. The molecule has 29 heavy (non-hydrogen) atoms. The van der Waals surface area contributed by atoms with Gasteiger partial charge < -0.3 is 9.55 Å². The fourth-order valence-electron chi connectivity index (χ4n) is 5.12. The average molecular weight is 386 g/mol. The number of pyridine rings is 2. The summed E-state index contributed by atoms with van der Waals surface area (Å²) in [5.74, 6) is 1.52.